The van der Waals surface area contributed by atoms with Gasteiger partial charge in [-0.1, -0.05) is 0 Å². The van der Waals surface area contributed by atoms with Gasteiger partial charge in [-0.3, -0.25) is 0 Å². The molecule has 38 valence electrons. The van der Waals surface area contributed by atoms with E-state index in [0.29, 0.717) is 6.17 Å². The zero-order valence-corrected chi connectivity index (χ0v) is 3.96. The van der Waals surface area contributed by atoms with Crippen molar-refractivity contribution in [1.29, 1.82) is 0 Å². The Kier molecular flexibility index (Phi) is 0.526. The van der Waals surface area contributed by atoms with Gasteiger partial charge in [-0.25, -0.2) is 0 Å². The summed E-state index contributed by atoms with van der Waals surface area (Å²) in [5.41, 5.74) is 0. The van der Waals surface area contributed by atoms with Gasteiger partial charge < -0.3 is 5.32 Å². The van der Waals surface area contributed by atoms with Crippen molar-refractivity contribution in [3.05, 3.63) is 0 Å². The Morgan fingerprint density at radius 3 is 2.14 bits per heavy atom. The normalized spacial score (nSPS) is 30.3. The molecular weight excluding hydrogens is 90.1 g/mol. The molecule has 0 saturated carbocycles. The van der Waals surface area contributed by atoms with E-state index in [4.69, 9.17) is 0 Å². The third-order valence-corrected chi connectivity index (χ3v) is 1.48. The van der Waals surface area contributed by atoms with Crippen molar-refractivity contribution in [2.45, 2.75) is 6.17 Å². The Labute approximate surface area is 41.8 Å². The summed E-state index contributed by atoms with van der Waals surface area (Å²) in [5.74, 6) is 0.750. The molecule has 2 heterocycles. The van der Waals surface area contributed by atoms with Crippen LogP contribution in [0.3, 0.4) is 0 Å². The van der Waals surface area contributed by atoms with E-state index in [1.54, 1.807) is 0 Å². The summed E-state index contributed by atoms with van der Waals surface area (Å²) in [7, 11) is 0. The smallest absolute Gasteiger partial charge is 0.186 e. The quantitative estimate of drug-likeness (QED) is 0.491. The van der Waals surface area contributed by atoms with Crippen LogP contribution in [0, 0.1) is 5.92 Å². The predicted molar refractivity (Wildman–Crippen MR) is 25.0 cm³/mol. The number of hydrogen-bond acceptors (Lipinski definition) is 3. The lowest BCUT2D eigenvalue weighted by Gasteiger charge is -2.23. The fraction of sp³-hybridized carbons (Fsp3) is 1.00. The molecule has 1 N–H and O–H groups in total. The van der Waals surface area contributed by atoms with Crippen molar-refractivity contribution in [3.63, 3.8) is 0 Å². The van der Waals surface area contributed by atoms with Crippen LogP contribution in [0.4, 0.5) is 0 Å². The van der Waals surface area contributed by atoms with E-state index in [2.05, 4.69) is 15.5 Å². The fourth-order valence-corrected chi connectivity index (χ4v) is 0.749. The largest absolute Gasteiger partial charge is 0.316 e. The molecule has 0 aromatic carbocycles. The molecule has 3 heteroatoms. The zero-order chi connectivity index (χ0) is 4.69. The molecule has 0 aliphatic carbocycles. The summed E-state index contributed by atoms with van der Waals surface area (Å²) < 4.78 is 0. The highest BCUT2D eigenvalue weighted by Gasteiger charge is 2.32. The molecule has 0 aromatic rings. The Bertz CT molecular complexity index is 99.5. The number of nitrogens with zero attached hydrogens (tertiary/aromatic N) is 2. The van der Waals surface area contributed by atoms with E-state index in [0.717, 1.165) is 19.0 Å². The molecule has 0 atom stereocenters. The van der Waals surface area contributed by atoms with E-state index < -0.39 is 0 Å². The predicted octanol–water partition coefficient (Wildman–Crippen LogP) is -0.00230. The Balaban J connectivity index is 1.85. The molecular formula is C4H7N3. The van der Waals surface area contributed by atoms with Crippen molar-refractivity contribution in [2.24, 2.45) is 16.1 Å². The Hall–Kier alpha value is -0.440. The summed E-state index contributed by atoms with van der Waals surface area (Å²) in [6.45, 7) is 2.25. The van der Waals surface area contributed by atoms with Gasteiger partial charge in [0.1, 0.15) is 0 Å². The minimum absolute atomic E-state index is 0.390. The van der Waals surface area contributed by atoms with E-state index in [-0.39, 0.29) is 0 Å². The molecule has 7 heavy (non-hydrogen) atoms. The van der Waals surface area contributed by atoms with E-state index in [9.17, 15) is 0 Å². The van der Waals surface area contributed by atoms with Gasteiger partial charge in [-0.2, -0.15) is 10.2 Å². The second kappa shape index (κ2) is 1.04. The first-order chi connectivity index (χ1) is 3.47. The van der Waals surface area contributed by atoms with Crippen LogP contribution in [0.5, 0.6) is 0 Å². The maximum Gasteiger partial charge on any atom is 0.186 e. The summed E-state index contributed by atoms with van der Waals surface area (Å²) in [6.07, 6.45) is 0.390. The highest BCUT2D eigenvalue weighted by molar-refractivity contribution is 4.88. The van der Waals surface area contributed by atoms with Crippen LogP contribution < -0.4 is 5.32 Å². The maximum absolute atomic E-state index is 3.81. The summed E-state index contributed by atoms with van der Waals surface area (Å²) in [5, 5.41) is 10.8. The van der Waals surface area contributed by atoms with E-state index in [1.807, 2.05) is 0 Å². The average Bonchev–Trinajstić information content (AvgIpc) is 2.10. The van der Waals surface area contributed by atoms with Gasteiger partial charge in [0.05, 0.1) is 0 Å². The number of rotatable bonds is 1. The topological polar surface area (TPSA) is 36.8 Å². The van der Waals surface area contributed by atoms with Gasteiger partial charge in [-0.05, 0) is 0 Å². The lowest BCUT2D eigenvalue weighted by Crippen LogP contribution is -2.44. The van der Waals surface area contributed by atoms with Crippen molar-refractivity contribution in [3.8, 4) is 0 Å². The van der Waals surface area contributed by atoms with E-state index in [1.165, 1.54) is 0 Å². The molecule has 0 bridgehead atoms. The summed E-state index contributed by atoms with van der Waals surface area (Å²) >= 11 is 0. The average molecular weight is 97.1 g/mol. The van der Waals surface area contributed by atoms with Gasteiger partial charge in [0, 0.05) is 19.0 Å². The molecule has 3 nitrogen and oxygen atoms in total. The first-order valence-electron chi connectivity index (χ1n) is 2.57. The standard InChI is InChI=1S/C4H7N3/c1-3(2-5-1)4-6-7-4/h3-5H,1-2H2. The first kappa shape index (κ1) is 3.55. The number of nitrogens with one attached hydrogen (secondary N) is 1. The van der Waals surface area contributed by atoms with Crippen molar-refractivity contribution in [1.82, 2.24) is 5.32 Å². The van der Waals surface area contributed by atoms with E-state index >= 15 is 0 Å². The molecule has 2 rings (SSSR count). The van der Waals surface area contributed by atoms with Crippen LogP contribution in [0.15, 0.2) is 10.2 Å². The third-order valence-electron chi connectivity index (χ3n) is 1.48. The summed E-state index contributed by atoms with van der Waals surface area (Å²) in [4.78, 5) is 0. The van der Waals surface area contributed by atoms with Crippen LogP contribution in [-0.2, 0) is 0 Å². The van der Waals surface area contributed by atoms with Crippen molar-refractivity contribution in [2.75, 3.05) is 13.1 Å². The van der Waals surface area contributed by atoms with Crippen LogP contribution in [0.2, 0.25) is 0 Å². The molecule has 0 radical (unpaired) electrons. The van der Waals surface area contributed by atoms with Crippen LogP contribution in [-0.4, -0.2) is 19.3 Å². The highest BCUT2D eigenvalue weighted by atomic mass is 15.4. The van der Waals surface area contributed by atoms with Crippen LogP contribution >= 0.6 is 0 Å². The second-order valence-electron chi connectivity index (χ2n) is 2.06. The molecule has 1 saturated heterocycles. The van der Waals surface area contributed by atoms with Crippen LogP contribution in [0.25, 0.3) is 0 Å². The minimum atomic E-state index is 0.390. The molecule has 0 aromatic heterocycles. The minimum Gasteiger partial charge on any atom is -0.316 e. The van der Waals surface area contributed by atoms with Gasteiger partial charge in [0.25, 0.3) is 0 Å². The summed E-state index contributed by atoms with van der Waals surface area (Å²) in [6, 6.07) is 0. The number of hydrogen-bond donors (Lipinski definition) is 1. The van der Waals surface area contributed by atoms with Crippen LogP contribution in [0.1, 0.15) is 0 Å². The van der Waals surface area contributed by atoms with Crippen molar-refractivity contribution < 1.29 is 0 Å². The van der Waals surface area contributed by atoms with Gasteiger partial charge in [-0.15, -0.1) is 0 Å². The lowest BCUT2D eigenvalue weighted by molar-refractivity contribution is 0.336. The SMILES string of the molecule is C1NCC1C1N=N1. The van der Waals surface area contributed by atoms with Gasteiger partial charge in [0.2, 0.25) is 0 Å². The monoisotopic (exact) mass is 97.1 g/mol. The molecule has 2 aliphatic heterocycles. The third kappa shape index (κ3) is 0.447. The molecule has 0 amide bonds. The molecule has 2 aliphatic rings. The molecule has 1 fully saturated rings. The molecule has 0 unspecified atom stereocenters. The fourth-order valence-electron chi connectivity index (χ4n) is 0.749. The van der Waals surface area contributed by atoms with Gasteiger partial charge >= 0.3 is 0 Å². The maximum atomic E-state index is 3.81. The zero-order valence-electron chi connectivity index (χ0n) is 3.96. The Morgan fingerprint density at radius 1 is 1.29 bits per heavy atom. The second-order valence-corrected chi connectivity index (χ2v) is 2.06. The Morgan fingerprint density at radius 2 is 2.00 bits per heavy atom. The van der Waals surface area contributed by atoms with Gasteiger partial charge in [0.15, 0.2) is 6.17 Å². The highest BCUT2D eigenvalue weighted by Crippen LogP contribution is 2.23. The van der Waals surface area contributed by atoms with Crippen molar-refractivity contribution >= 4 is 0 Å². The molecule has 0 spiro atoms. The lowest BCUT2D eigenvalue weighted by atomic mass is 10.0. The first-order valence-corrected chi connectivity index (χ1v) is 2.57.